The van der Waals surface area contributed by atoms with Gasteiger partial charge in [0.1, 0.15) is 5.82 Å². The first-order valence-electron chi connectivity index (χ1n) is 6.19. The van der Waals surface area contributed by atoms with Crippen molar-refractivity contribution in [2.45, 2.75) is 31.1 Å². The molecule has 0 spiro atoms. The molecule has 0 bridgehead atoms. The van der Waals surface area contributed by atoms with Crippen molar-refractivity contribution in [3.63, 3.8) is 0 Å². The average Bonchev–Trinajstić information content (AvgIpc) is 2.39. The van der Waals surface area contributed by atoms with Crippen LogP contribution in [0.5, 0.6) is 0 Å². The lowest BCUT2D eigenvalue weighted by Gasteiger charge is -2.23. The third-order valence-corrected chi connectivity index (χ3v) is 4.34. The molecule has 19 heavy (non-hydrogen) atoms. The van der Waals surface area contributed by atoms with Crippen LogP contribution in [0.2, 0.25) is 0 Å². The molecule has 106 valence electrons. The van der Waals surface area contributed by atoms with Crippen molar-refractivity contribution in [1.29, 1.82) is 0 Å². The second-order valence-corrected chi connectivity index (χ2v) is 5.57. The summed E-state index contributed by atoms with van der Waals surface area (Å²) >= 11 is 1.49. The van der Waals surface area contributed by atoms with Gasteiger partial charge in [0, 0.05) is 11.3 Å². The summed E-state index contributed by atoms with van der Waals surface area (Å²) in [6.07, 6.45) is 1.88. The van der Waals surface area contributed by atoms with Crippen molar-refractivity contribution in [2.75, 3.05) is 12.9 Å². The van der Waals surface area contributed by atoms with Gasteiger partial charge in [-0.25, -0.2) is 4.39 Å². The number of halogens is 1. The van der Waals surface area contributed by atoms with Gasteiger partial charge in [-0.15, -0.1) is 0 Å². The summed E-state index contributed by atoms with van der Waals surface area (Å²) in [5.41, 5.74) is 0.386. The molecule has 3 atom stereocenters. The number of carbonyl (C=O) groups excluding carboxylic acids is 1. The monoisotopic (exact) mass is 285 g/mol. The van der Waals surface area contributed by atoms with Crippen LogP contribution in [0.1, 0.15) is 25.3 Å². The Morgan fingerprint density at radius 2 is 2.05 bits per heavy atom. The summed E-state index contributed by atoms with van der Waals surface area (Å²) in [7, 11) is 0. The number of benzene rings is 1. The Morgan fingerprint density at radius 3 is 2.58 bits per heavy atom. The minimum absolute atomic E-state index is 0.00328. The Labute approximate surface area is 117 Å². The molecular weight excluding hydrogens is 265 g/mol. The van der Waals surface area contributed by atoms with Gasteiger partial charge in [-0.05, 0) is 31.7 Å². The van der Waals surface area contributed by atoms with Crippen molar-refractivity contribution >= 4 is 17.7 Å². The highest BCUT2D eigenvalue weighted by molar-refractivity contribution is 7.99. The molecule has 0 aliphatic carbocycles. The molecule has 0 fully saturated rings. The molecule has 1 amide bonds. The van der Waals surface area contributed by atoms with Crippen LogP contribution >= 0.6 is 11.8 Å². The largest absolute Gasteiger partial charge is 0.395 e. The summed E-state index contributed by atoms with van der Waals surface area (Å²) in [5.74, 6) is -1.16. The topological polar surface area (TPSA) is 49.3 Å². The fourth-order valence-electron chi connectivity index (χ4n) is 1.85. The van der Waals surface area contributed by atoms with E-state index in [1.54, 1.807) is 25.1 Å². The van der Waals surface area contributed by atoms with Crippen LogP contribution in [-0.2, 0) is 4.79 Å². The van der Waals surface area contributed by atoms with Crippen LogP contribution in [-0.4, -0.2) is 35.2 Å². The maximum Gasteiger partial charge on any atom is 0.227 e. The van der Waals surface area contributed by atoms with Gasteiger partial charge in [0.2, 0.25) is 5.91 Å². The number of rotatable bonds is 6. The van der Waals surface area contributed by atoms with Crippen molar-refractivity contribution in [3.8, 4) is 0 Å². The molecule has 0 saturated carbocycles. The van der Waals surface area contributed by atoms with E-state index in [9.17, 15) is 14.3 Å². The molecule has 1 rings (SSSR count). The minimum Gasteiger partial charge on any atom is -0.395 e. The van der Waals surface area contributed by atoms with E-state index in [-0.39, 0.29) is 29.6 Å². The SMILES string of the molecule is CSC(CO)C(C)NC(=O)C(C)c1ccccc1F. The maximum absolute atomic E-state index is 13.6. The molecule has 2 N–H and O–H groups in total. The third kappa shape index (κ3) is 4.21. The van der Waals surface area contributed by atoms with Crippen LogP contribution < -0.4 is 5.32 Å². The molecule has 3 unspecified atom stereocenters. The van der Waals surface area contributed by atoms with E-state index in [2.05, 4.69) is 5.32 Å². The number of aliphatic hydroxyl groups is 1. The first-order chi connectivity index (χ1) is 9.01. The standard InChI is InChI=1S/C14H20FNO2S/c1-9(11-6-4-5-7-12(11)15)14(18)16-10(2)13(8-17)19-3/h4-7,9-10,13,17H,8H2,1-3H3,(H,16,18). The summed E-state index contributed by atoms with van der Waals surface area (Å²) < 4.78 is 13.6. The van der Waals surface area contributed by atoms with E-state index >= 15 is 0 Å². The number of amides is 1. The molecule has 1 aromatic rings. The Hall–Kier alpha value is -1.07. The predicted molar refractivity (Wildman–Crippen MR) is 76.8 cm³/mol. The molecule has 0 saturated heterocycles. The molecule has 0 aliphatic rings. The van der Waals surface area contributed by atoms with Crippen molar-refractivity contribution in [3.05, 3.63) is 35.6 Å². The Kier molecular flexibility index (Phi) is 6.31. The lowest BCUT2D eigenvalue weighted by molar-refractivity contribution is -0.122. The van der Waals surface area contributed by atoms with Gasteiger partial charge in [-0.1, -0.05) is 18.2 Å². The number of aliphatic hydroxyl groups excluding tert-OH is 1. The van der Waals surface area contributed by atoms with Gasteiger partial charge in [-0.3, -0.25) is 4.79 Å². The molecule has 0 aliphatic heterocycles. The van der Waals surface area contributed by atoms with E-state index < -0.39 is 5.92 Å². The highest BCUT2D eigenvalue weighted by Gasteiger charge is 2.23. The highest BCUT2D eigenvalue weighted by Crippen LogP contribution is 2.19. The molecule has 0 radical (unpaired) electrons. The summed E-state index contributed by atoms with van der Waals surface area (Å²) in [6, 6.07) is 6.11. The van der Waals surface area contributed by atoms with Crippen LogP contribution in [0.15, 0.2) is 24.3 Å². The van der Waals surface area contributed by atoms with Gasteiger partial charge in [-0.2, -0.15) is 11.8 Å². The molecular formula is C14H20FNO2S. The zero-order valence-electron chi connectivity index (χ0n) is 11.4. The zero-order valence-corrected chi connectivity index (χ0v) is 12.2. The second-order valence-electron chi connectivity index (χ2n) is 4.50. The van der Waals surface area contributed by atoms with Crippen LogP contribution in [0.3, 0.4) is 0 Å². The predicted octanol–water partition coefficient (Wildman–Crippen LogP) is 2.16. The quantitative estimate of drug-likeness (QED) is 0.842. The van der Waals surface area contributed by atoms with Crippen molar-refractivity contribution < 1.29 is 14.3 Å². The fourth-order valence-corrected chi connectivity index (χ4v) is 2.47. The van der Waals surface area contributed by atoms with Gasteiger partial charge in [0.05, 0.1) is 12.5 Å². The van der Waals surface area contributed by atoms with Crippen molar-refractivity contribution in [1.82, 2.24) is 5.32 Å². The number of carbonyl (C=O) groups is 1. The third-order valence-electron chi connectivity index (χ3n) is 3.18. The normalized spacial score (nSPS) is 15.6. The first-order valence-corrected chi connectivity index (χ1v) is 7.48. The van der Waals surface area contributed by atoms with Crippen molar-refractivity contribution in [2.24, 2.45) is 0 Å². The van der Waals surface area contributed by atoms with E-state index in [0.29, 0.717) is 5.56 Å². The van der Waals surface area contributed by atoms with Gasteiger partial charge < -0.3 is 10.4 Å². The molecule has 3 nitrogen and oxygen atoms in total. The smallest absolute Gasteiger partial charge is 0.227 e. The first kappa shape index (κ1) is 16.0. The van der Waals surface area contributed by atoms with E-state index in [1.807, 2.05) is 13.2 Å². The maximum atomic E-state index is 13.6. The number of thioether (sulfide) groups is 1. The number of hydrogen-bond donors (Lipinski definition) is 2. The lowest BCUT2D eigenvalue weighted by atomic mass is 9.99. The summed E-state index contributed by atoms with van der Waals surface area (Å²) in [5, 5.41) is 11.9. The van der Waals surface area contributed by atoms with Crippen LogP contribution in [0, 0.1) is 5.82 Å². The van der Waals surface area contributed by atoms with Crippen LogP contribution in [0.4, 0.5) is 4.39 Å². The van der Waals surface area contributed by atoms with E-state index in [1.165, 1.54) is 17.8 Å². The molecule has 5 heteroatoms. The molecule has 0 aromatic heterocycles. The number of nitrogens with one attached hydrogen (secondary N) is 1. The van der Waals surface area contributed by atoms with Gasteiger partial charge in [0.15, 0.2) is 0 Å². The lowest BCUT2D eigenvalue weighted by Crippen LogP contribution is -2.43. The average molecular weight is 285 g/mol. The van der Waals surface area contributed by atoms with E-state index in [4.69, 9.17) is 0 Å². The summed E-state index contributed by atoms with van der Waals surface area (Å²) in [4.78, 5) is 12.1. The van der Waals surface area contributed by atoms with E-state index in [0.717, 1.165) is 0 Å². The molecule has 0 heterocycles. The highest BCUT2D eigenvalue weighted by atomic mass is 32.2. The number of hydrogen-bond acceptors (Lipinski definition) is 3. The molecule has 1 aromatic carbocycles. The minimum atomic E-state index is -0.551. The fraction of sp³-hybridized carbons (Fsp3) is 0.500. The van der Waals surface area contributed by atoms with Crippen LogP contribution in [0.25, 0.3) is 0 Å². The Balaban J connectivity index is 2.71. The second kappa shape index (κ2) is 7.50. The zero-order chi connectivity index (χ0) is 14.4. The summed E-state index contributed by atoms with van der Waals surface area (Å²) in [6.45, 7) is 3.51. The Morgan fingerprint density at radius 1 is 1.42 bits per heavy atom. The van der Waals surface area contributed by atoms with Gasteiger partial charge >= 0.3 is 0 Å². The Bertz CT molecular complexity index is 424. The van der Waals surface area contributed by atoms with Gasteiger partial charge in [0.25, 0.3) is 0 Å².